The zero-order valence-corrected chi connectivity index (χ0v) is 13.8. The Bertz CT molecular complexity index is 578. The summed E-state index contributed by atoms with van der Waals surface area (Å²) < 4.78 is 19.2. The van der Waals surface area contributed by atoms with Crippen LogP contribution in [0.3, 0.4) is 0 Å². The Morgan fingerprint density at radius 3 is 2.61 bits per heavy atom. The van der Waals surface area contributed by atoms with Crippen molar-refractivity contribution >= 4 is 17.5 Å². The number of hydrogen-bond acceptors (Lipinski definition) is 6. The fraction of sp³-hybridized carbons (Fsp3) is 0.625. The minimum Gasteiger partial charge on any atom is -0.460 e. The lowest BCUT2D eigenvalue weighted by Gasteiger charge is -2.38. The number of piperidine rings is 1. The maximum absolute atomic E-state index is 13.9. The van der Waals surface area contributed by atoms with Crippen LogP contribution in [0, 0.1) is 5.82 Å². The molecule has 0 radical (unpaired) electrons. The first-order valence-corrected chi connectivity index (χ1v) is 7.68. The molecule has 0 atom stereocenters. The standard InChI is InChI=1S/C16H24FN3O3/c1-15(2,3)23-13(21)9-16(22)4-6-20(7-5-16)14-12(17)8-11(18)10-19-14/h8,10,22H,4-7,9,18H2,1-3H3. The van der Waals surface area contributed by atoms with E-state index >= 15 is 0 Å². The predicted molar refractivity (Wildman–Crippen MR) is 85.5 cm³/mol. The number of nitrogens with two attached hydrogens (primary N) is 1. The van der Waals surface area contributed by atoms with Gasteiger partial charge in [-0.15, -0.1) is 0 Å². The van der Waals surface area contributed by atoms with Crippen molar-refractivity contribution in [1.29, 1.82) is 0 Å². The first kappa shape index (κ1) is 17.5. The Morgan fingerprint density at radius 1 is 1.48 bits per heavy atom. The summed E-state index contributed by atoms with van der Waals surface area (Å²) in [7, 11) is 0. The summed E-state index contributed by atoms with van der Waals surface area (Å²) in [5, 5.41) is 10.6. The van der Waals surface area contributed by atoms with E-state index in [0.717, 1.165) is 0 Å². The van der Waals surface area contributed by atoms with Crippen LogP contribution in [0.15, 0.2) is 12.3 Å². The number of aromatic nitrogens is 1. The molecule has 0 bridgehead atoms. The Morgan fingerprint density at radius 2 is 2.09 bits per heavy atom. The fourth-order valence-electron chi connectivity index (χ4n) is 2.64. The summed E-state index contributed by atoms with van der Waals surface area (Å²) in [6.45, 7) is 6.17. The van der Waals surface area contributed by atoms with E-state index in [2.05, 4.69) is 4.98 Å². The lowest BCUT2D eigenvalue weighted by molar-refractivity contribution is -0.161. The van der Waals surface area contributed by atoms with Crippen molar-refractivity contribution in [3.63, 3.8) is 0 Å². The minimum absolute atomic E-state index is 0.0598. The minimum atomic E-state index is -1.12. The highest BCUT2D eigenvalue weighted by atomic mass is 19.1. The number of pyridine rings is 1. The largest absolute Gasteiger partial charge is 0.460 e. The van der Waals surface area contributed by atoms with E-state index in [4.69, 9.17) is 10.5 Å². The summed E-state index contributed by atoms with van der Waals surface area (Å²) in [5.41, 5.74) is 4.06. The van der Waals surface area contributed by atoms with Crippen LogP contribution in [-0.2, 0) is 9.53 Å². The molecule has 2 rings (SSSR count). The van der Waals surface area contributed by atoms with Crippen molar-refractivity contribution in [2.75, 3.05) is 23.7 Å². The van der Waals surface area contributed by atoms with Crippen molar-refractivity contribution in [2.24, 2.45) is 0 Å². The number of aliphatic hydroxyl groups is 1. The summed E-state index contributed by atoms with van der Waals surface area (Å²) in [6, 6.07) is 1.23. The van der Waals surface area contributed by atoms with Gasteiger partial charge in [0.2, 0.25) is 0 Å². The van der Waals surface area contributed by atoms with Gasteiger partial charge in [0.25, 0.3) is 0 Å². The van der Waals surface area contributed by atoms with E-state index in [9.17, 15) is 14.3 Å². The second kappa shape index (κ2) is 6.31. The molecule has 0 aromatic carbocycles. The molecule has 1 fully saturated rings. The normalized spacial score (nSPS) is 17.9. The molecule has 2 heterocycles. The van der Waals surface area contributed by atoms with Crippen LogP contribution in [0.2, 0.25) is 0 Å². The third kappa shape index (κ3) is 4.79. The number of esters is 1. The second-order valence-corrected chi connectivity index (χ2v) is 7.05. The van der Waals surface area contributed by atoms with Crippen LogP contribution in [0.1, 0.15) is 40.0 Å². The van der Waals surface area contributed by atoms with Crippen LogP contribution < -0.4 is 10.6 Å². The molecule has 7 heteroatoms. The Hall–Kier alpha value is -1.89. The predicted octanol–water partition coefficient (Wildman–Crippen LogP) is 1.87. The van der Waals surface area contributed by atoms with Gasteiger partial charge in [-0.1, -0.05) is 0 Å². The Balaban J connectivity index is 1.95. The van der Waals surface area contributed by atoms with Crippen LogP contribution >= 0.6 is 0 Å². The van der Waals surface area contributed by atoms with Gasteiger partial charge in [0.15, 0.2) is 11.6 Å². The number of carbonyl (C=O) groups is 1. The van der Waals surface area contributed by atoms with E-state index in [1.165, 1.54) is 12.3 Å². The fourth-order valence-corrected chi connectivity index (χ4v) is 2.64. The Labute approximate surface area is 135 Å². The molecule has 3 N–H and O–H groups in total. The van der Waals surface area contributed by atoms with Crippen LogP contribution in [-0.4, -0.2) is 40.4 Å². The van der Waals surface area contributed by atoms with Gasteiger partial charge in [-0.3, -0.25) is 4.79 Å². The molecule has 0 aliphatic carbocycles. The molecule has 0 amide bonds. The average Bonchev–Trinajstić information content (AvgIpc) is 2.37. The van der Waals surface area contributed by atoms with E-state index in [-0.39, 0.29) is 17.9 Å². The molecule has 1 aliphatic rings. The highest BCUT2D eigenvalue weighted by Crippen LogP contribution is 2.30. The number of hydrogen-bond donors (Lipinski definition) is 2. The molecular formula is C16H24FN3O3. The van der Waals surface area contributed by atoms with Gasteiger partial charge in [-0.2, -0.15) is 0 Å². The van der Waals surface area contributed by atoms with Crippen molar-refractivity contribution in [3.8, 4) is 0 Å². The molecule has 1 aromatic heterocycles. The van der Waals surface area contributed by atoms with E-state index in [1.54, 1.807) is 25.7 Å². The second-order valence-electron chi connectivity index (χ2n) is 7.05. The van der Waals surface area contributed by atoms with Crippen LogP contribution in [0.4, 0.5) is 15.9 Å². The molecule has 1 saturated heterocycles. The molecule has 1 aliphatic heterocycles. The zero-order chi connectivity index (χ0) is 17.3. The summed E-state index contributed by atoms with van der Waals surface area (Å²) in [4.78, 5) is 17.7. The maximum atomic E-state index is 13.9. The van der Waals surface area contributed by atoms with E-state index in [1.807, 2.05) is 0 Å². The third-order valence-corrected chi connectivity index (χ3v) is 3.73. The van der Waals surface area contributed by atoms with E-state index in [0.29, 0.717) is 25.9 Å². The number of nitrogen functional groups attached to an aromatic ring is 1. The monoisotopic (exact) mass is 325 g/mol. The van der Waals surface area contributed by atoms with Crippen LogP contribution in [0.25, 0.3) is 0 Å². The number of nitrogens with zero attached hydrogens (tertiary/aromatic N) is 2. The van der Waals surface area contributed by atoms with Gasteiger partial charge in [-0.05, 0) is 33.6 Å². The van der Waals surface area contributed by atoms with Gasteiger partial charge < -0.3 is 20.5 Å². The van der Waals surface area contributed by atoms with Crippen LogP contribution in [0.5, 0.6) is 0 Å². The molecule has 6 nitrogen and oxygen atoms in total. The Kier molecular flexibility index (Phi) is 4.79. The van der Waals surface area contributed by atoms with Gasteiger partial charge in [-0.25, -0.2) is 9.37 Å². The molecule has 23 heavy (non-hydrogen) atoms. The van der Waals surface area contributed by atoms with Crippen molar-refractivity contribution in [2.45, 2.75) is 51.2 Å². The average molecular weight is 325 g/mol. The zero-order valence-electron chi connectivity index (χ0n) is 13.8. The molecule has 128 valence electrons. The summed E-state index contributed by atoms with van der Waals surface area (Å²) in [6.07, 6.45) is 2.03. The summed E-state index contributed by atoms with van der Waals surface area (Å²) >= 11 is 0. The summed E-state index contributed by atoms with van der Waals surface area (Å²) in [5.74, 6) is -0.689. The lowest BCUT2D eigenvalue weighted by Crippen LogP contribution is -2.46. The van der Waals surface area contributed by atoms with Gasteiger partial charge in [0.05, 0.1) is 23.9 Å². The number of anilines is 2. The van der Waals surface area contributed by atoms with Gasteiger partial charge in [0, 0.05) is 19.2 Å². The molecule has 1 aromatic rings. The molecular weight excluding hydrogens is 301 g/mol. The van der Waals surface area contributed by atoms with Gasteiger partial charge >= 0.3 is 5.97 Å². The topological polar surface area (TPSA) is 88.7 Å². The van der Waals surface area contributed by atoms with Gasteiger partial charge in [0.1, 0.15) is 5.60 Å². The smallest absolute Gasteiger partial charge is 0.309 e. The molecule has 0 saturated carbocycles. The third-order valence-electron chi connectivity index (χ3n) is 3.73. The van der Waals surface area contributed by atoms with Crippen molar-refractivity contribution < 1.29 is 19.0 Å². The first-order valence-electron chi connectivity index (χ1n) is 7.68. The number of halogens is 1. The SMILES string of the molecule is CC(C)(C)OC(=O)CC1(O)CCN(c2ncc(N)cc2F)CC1. The molecule has 0 unspecified atom stereocenters. The lowest BCUT2D eigenvalue weighted by atomic mass is 9.88. The highest BCUT2D eigenvalue weighted by molar-refractivity contribution is 5.71. The van der Waals surface area contributed by atoms with Crippen molar-refractivity contribution in [1.82, 2.24) is 4.98 Å². The number of rotatable bonds is 3. The van der Waals surface area contributed by atoms with E-state index < -0.39 is 23.0 Å². The number of carbonyl (C=O) groups excluding carboxylic acids is 1. The van der Waals surface area contributed by atoms with Crippen molar-refractivity contribution in [3.05, 3.63) is 18.1 Å². The quantitative estimate of drug-likeness (QED) is 0.825. The first-order chi connectivity index (χ1) is 10.6. The maximum Gasteiger partial charge on any atom is 0.309 e. The molecule has 0 spiro atoms. The number of ether oxygens (including phenoxy) is 1. The highest BCUT2D eigenvalue weighted by Gasteiger charge is 2.36.